The van der Waals surface area contributed by atoms with Crippen LogP contribution in [0.25, 0.3) is 5.57 Å². The summed E-state index contributed by atoms with van der Waals surface area (Å²) in [6, 6.07) is 14.5. The van der Waals surface area contributed by atoms with E-state index in [4.69, 9.17) is 16.3 Å². The van der Waals surface area contributed by atoms with E-state index >= 15 is 0 Å². The van der Waals surface area contributed by atoms with Crippen molar-refractivity contribution in [1.82, 2.24) is 4.90 Å². The smallest absolute Gasteiger partial charge is 0.282 e. The van der Waals surface area contributed by atoms with E-state index in [1.807, 2.05) is 48.2 Å². The quantitative estimate of drug-likeness (QED) is 0.764. The molecule has 1 fully saturated rings. The van der Waals surface area contributed by atoms with Gasteiger partial charge in [0.2, 0.25) is 0 Å². The molecule has 2 aromatic carbocycles. The average molecular weight is 383 g/mol. The molecule has 2 aromatic rings. The minimum absolute atomic E-state index is 0.319. The largest absolute Gasteiger partial charge is 0.378 e. The summed E-state index contributed by atoms with van der Waals surface area (Å²) >= 11 is 6.24. The van der Waals surface area contributed by atoms with Crippen LogP contribution in [0.15, 0.2) is 54.2 Å². The fraction of sp³-hybridized carbons (Fsp3) is 0.238. The van der Waals surface area contributed by atoms with Crippen molar-refractivity contribution < 1.29 is 14.3 Å². The molecule has 0 aliphatic carbocycles. The number of ether oxygens (including phenoxy) is 1. The van der Waals surface area contributed by atoms with Gasteiger partial charge in [0.05, 0.1) is 24.5 Å². The molecule has 5 nitrogen and oxygen atoms in total. The number of carbonyl (C=O) groups is 2. The monoisotopic (exact) mass is 382 g/mol. The van der Waals surface area contributed by atoms with Gasteiger partial charge >= 0.3 is 0 Å². The number of hydrogen-bond acceptors (Lipinski definition) is 4. The minimum Gasteiger partial charge on any atom is -0.378 e. The minimum atomic E-state index is -0.326. The van der Waals surface area contributed by atoms with Gasteiger partial charge in [-0.25, -0.2) is 4.90 Å². The van der Waals surface area contributed by atoms with Crippen molar-refractivity contribution in [3.63, 3.8) is 0 Å². The number of morpholine rings is 1. The molecule has 0 bridgehead atoms. The van der Waals surface area contributed by atoms with Crippen LogP contribution in [-0.2, 0) is 14.3 Å². The van der Waals surface area contributed by atoms with Crippen molar-refractivity contribution in [2.75, 3.05) is 31.2 Å². The fourth-order valence-corrected chi connectivity index (χ4v) is 3.59. The number of aryl methyl sites for hydroxylation is 1. The molecule has 2 aliphatic heterocycles. The Bertz CT molecular complexity index is 934. The molecule has 1 saturated heterocycles. The maximum atomic E-state index is 13.3. The summed E-state index contributed by atoms with van der Waals surface area (Å²) in [5, 5.41) is 0.522. The number of rotatable bonds is 3. The normalized spacial score (nSPS) is 17.9. The molecular formula is C21H19ClN2O3. The predicted octanol–water partition coefficient (Wildman–Crippen LogP) is 3.27. The van der Waals surface area contributed by atoms with Gasteiger partial charge in [-0.05, 0) is 30.2 Å². The third-order valence-electron chi connectivity index (χ3n) is 4.86. The van der Waals surface area contributed by atoms with E-state index in [-0.39, 0.29) is 11.8 Å². The van der Waals surface area contributed by atoms with Gasteiger partial charge in [-0.1, -0.05) is 48.0 Å². The number of benzene rings is 2. The topological polar surface area (TPSA) is 49.9 Å². The lowest BCUT2D eigenvalue weighted by Gasteiger charge is -2.29. The van der Waals surface area contributed by atoms with Crippen molar-refractivity contribution in [3.8, 4) is 0 Å². The zero-order valence-electron chi connectivity index (χ0n) is 14.9. The standard InChI is InChI=1S/C21H19ClN2O3/c1-14-7-8-16(13-17(14)22)24-20(25)18(15-5-3-2-4-6-15)19(21(24)26)23-9-11-27-12-10-23/h2-8,13H,9-12H2,1H3. The summed E-state index contributed by atoms with van der Waals surface area (Å²) in [6.45, 7) is 4.10. The van der Waals surface area contributed by atoms with Gasteiger partial charge in [-0.2, -0.15) is 0 Å². The molecule has 0 radical (unpaired) electrons. The first kappa shape index (κ1) is 17.8. The van der Waals surface area contributed by atoms with Crippen molar-refractivity contribution in [1.29, 1.82) is 0 Å². The van der Waals surface area contributed by atoms with E-state index < -0.39 is 0 Å². The molecule has 6 heteroatoms. The van der Waals surface area contributed by atoms with E-state index in [0.717, 1.165) is 11.1 Å². The van der Waals surface area contributed by atoms with Gasteiger partial charge in [0, 0.05) is 18.1 Å². The fourth-order valence-electron chi connectivity index (χ4n) is 3.42. The molecule has 4 rings (SSSR count). The summed E-state index contributed by atoms with van der Waals surface area (Å²) in [5.74, 6) is -0.645. The first-order valence-corrected chi connectivity index (χ1v) is 9.23. The Labute approximate surface area is 162 Å². The second-order valence-corrected chi connectivity index (χ2v) is 6.98. The maximum absolute atomic E-state index is 13.3. The first-order chi connectivity index (χ1) is 13.1. The van der Waals surface area contributed by atoms with Crippen LogP contribution in [-0.4, -0.2) is 43.0 Å². The highest BCUT2D eigenvalue weighted by Gasteiger charge is 2.42. The van der Waals surface area contributed by atoms with Crippen LogP contribution in [0.5, 0.6) is 0 Å². The van der Waals surface area contributed by atoms with Crippen LogP contribution in [0, 0.1) is 6.92 Å². The third kappa shape index (κ3) is 3.13. The number of amides is 2. The van der Waals surface area contributed by atoms with E-state index in [1.54, 1.807) is 12.1 Å². The zero-order valence-corrected chi connectivity index (χ0v) is 15.7. The lowest BCUT2D eigenvalue weighted by atomic mass is 10.0. The summed E-state index contributed by atoms with van der Waals surface area (Å²) < 4.78 is 5.41. The number of carbonyl (C=O) groups excluding carboxylic acids is 2. The Morgan fingerprint density at radius 3 is 2.33 bits per heavy atom. The van der Waals surface area contributed by atoms with Crippen LogP contribution in [0.3, 0.4) is 0 Å². The summed E-state index contributed by atoms with van der Waals surface area (Å²) in [6.07, 6.45) is 0. The molecule has 0 aromatic heterocycles. The van der Waals surface area contributed by atoms with Crippen molar-refractivity contribution in [3.05, 3.63) is 70.4 Å². The summed E-state index contributed by atoms with van der Waals surface area (Å²) in [7, 11) is 0. The van der Waals surface area contributed by atoms with Gasteiger partial charge in [0.1, 0.15) is 5.70 Å². The number of nitrogens with zero attached hydrogens (tertiary/aromatic N) is 2. The van der Waals surface area contributed by atoms with Crippen LogP contribution in [0.4, 0.5) is 5.69 Å². The van der Waals surface area contributed by atoms with E-state index in [2.05, 4.69) is 0 Å². The number of anilines is 1. The predicted molar refractivity (Wildman–Crippen MR) is 104 cm³/mol. The average Bonchev–Trinajstić information content (AvgIpc) is 2.96. The first-order valence-electron chi connectivity index (χ1n) is 8.85. The molecule has 0 saturated carbocycles. The number of hydrogen-bond donors (Lipinski definition) is 0. The molecule has 0 spiro atoms. The van der Waals surface area contributed by atoms with E-state index in [0.29, 0.717) is 48.3 Å². The van der Waals surface area contributed by atoms with Crippen LogP contribution < -0.4 is 4.90 Å². The Balaban J connectivity index is 1.82. The van der Waals surface area contributed by atoms with Gasteiger partial charge in [-0.3, -0.25) is 9.59 Å². The van der Waals surface area contributed by atoms with Crippen molar-refractivity contribution >= 4 is 34.7 Å². The molecule has 0 unspecified atom stereocenters. The molecule has 27 heavy (non-hydrogen) atoms. The second kappa shape index (κ2) is 7.18. The van der Waals surface area contributed by atoms with Crippen LogP contribution in [0.2, 0.25) is 5.02 Å². The molecule has 138 valence electrons. The lowest BCUT2D eigenvalue weighted by molar-refractivity contribution is -0.121. The van der Waals surface area contributed by atoms with Gasteiger partial charge in [0.25, 0.3) is 11.8 Å². The Kier molecular flexibility index (Phi) is 4.72. The van der Waals surface area contributed by atoms with Crippen molar-refractivity contribution in [2.24, 2.45) is 0 Å². The molecule has 2 aliphatic rings. The molecular weight excluding hydrogens is 364 g/mol. The Morgan fingerprint density at radius 1 is 0.963 bits per heavy atom. The second-order valence-electron chi connectivity index (χ2n) is 6.57. The number of imide groups is 1. The highest BCUT2D eigenvalue weighted by molar-refractivity contribution is 6.45. The Morgan fingerprint density at radius 2 is 1.67 bits per heavy atom. The molecule has 0 N–H and O–H groups in total. The van der Waals surface area contributed by atoms with Gasteiger partial charge in [-0.15, -0.1) is 0 Å². The SMILES string of the molecule is Cc1ccc(N2C(=O)C(c3ccccc3)=C(N3CCOCC3)C2=O)cc1Cl. The molecule has 2 amide bonds. The van der Waals surface area contributed by atoms with Gasteiger partial charge < -0.3 is 9.64 Å². The molecule has 0 atom stereocenters. The summed E-state index contributed by atoms with van der Waals surface area (Å²) in [5.41, 5.74) is 2.98. The number of halogens is 1. The van der Waals surface area contributed by atoms with Gasteiger partial charge in [0.15, 0.2) is 0 Å². The molecule has 2 heterocycles. The van der Waals surface area contributed by atoms with E-state index in [9.17, 15) is 9.59 Å². The van der Waals surface area contributed by atoms with Crippen LogP contribution >= 0.6 is 11.6 Å². The summed E-state index contributed by atoms with van der Waals surface area (Å²) in [4.78, 5) is 29.8. The Hall–Kier alpha value is -2.63. The zero-order chi connectivity index (χ0) is 19.0. The maximum Gasteiger partial charge on any atom is 0.282 e. The highest BCUT2D eigenvalue weighted by Crippen LogP contribution is 2.36. The highest BCUT2D eigenvalue weighted by atomic mass is 35.5. The van der Waals surface area contributed by atoms with Crippen LogP contribution in [0.1, 0.15) is 11.1 Å². The lowest BCUT2D eigenvalue weighted by Crippen LogP contribution is -2.40. The third-order valence-corrected chi connectivity index (χ3v) is 5.27. The van der Waals surface area contributed by atoms with Crippen molar-refractivity contribution in [2.45, 2.75) is 6.92 Å². The van der Waals surface area contributed by atoms with E-state index in [1.165, 1.54) is 4.90 Å².